The van der Waals surface area contributed by atoms with Crippen LogP contribution in [0.2, 0.25) is 0 Å². The van der Waals surface area contributed by atoms with E-state index in [1.807, 2.05) is 21.9 Å². The van der Waals surface area contributed by atoms with Crippen molar-refractivity contribution in [2.45, 2.75) is 6.92 Å². The molecule has 6 nitrogen and oxygen atoms in total. The Kier molecular flexibility index (Phi) is 5.45. The van der Waals surface area contributed by atoms with Crippen molar-refractivity contribution in [3.05, 3.63) is 24.3 Å². The van der Waals surface area contributed by atoms with Crippen molar-refractivity contribution in [3.8, 4) is 5.75 Å². The van der Waals surface area contributed by atoms with Crippen LogP contribution in [0.1, 0.15) is 6.92 Å². The van der Waals surface area contributed by atoms with Crippen molar-refractivity contribution in [2.24, 2.45) is 0 Å². The molecule has 2 aliphatic heterocycles. The van der Waals surface area contributed by atoms with E-state index >= 15 is 0 Å². The Morgan fingerprint density at radius 2 is 1.46 bits per heavy atom. The van der Waals surface area contributed by atoms with Gasteiger partial charge in [0.1, 0.15) is 5.75 Å². The maximum Gasteiger partial charge on any atom is 0.320 e. The number of carbonyl (C=O) groups excluding carboxylic acids is 1. The molecule has 1 aromatic rings. The van der Waals surface area contributed by atoms with Crippen molar-refractivity contribution in [1.82, 2.24) is 14.7 Å². The molecule has 2 fully saturated rings. The number of ether oxygens (including phenoxy) is 1. The van der Waals surface area contributed by atoms with Crippen LogP contribution in [-0.2, 0) is 0 Å². The molecule has 6 heteroatoms. The van der Waals surface area contributed by atoms with Gasteiger partial charge in [0.2, 0.25) is 0 Å². The summed E-state index contributed by atoms with van der Waals surface area (Å²) >= 11 is 0. The topological polar surface area (TPSA) is 39.3 Å². The highest BCUT2D eigenvalue weighted by Crippen LogP contribution is 2.21. The van der Waals surface area contributed by atoms with Crippen LogP contribution in [0.3, 0.4) is 0 Å². The molecule has 0 atom stereocenters. The maximum absolute atomic E-state index is 12.7. The molecule has 2 amide bonds. The van der Waals surface area contributed by atoms with Crippen molar-refractivity contribution in [2.75, 3.05) is 70.9 Å². The molecule has 1 aromatic carbocycles. The first-order valence-corrected chi connectivity index (χ1v) is 8.86. The van der Waals surface area contributed by atoms with Crippen LogP contribution in [0.25, 0.3) is 0 Å². The van der Waals surface area contributed by atoms with Crippen molar-refractivity contribution >= 4 is 11.7 Å². The number of carbonyl (C=O) groups is 1. The lowest BCUT2D eigenvalue weighted by molar-refractivity contribution is 0.113. The molecule has 3 rings (SSSR count). The normalized spacial score (nSPS) is 19.5. The largest absolute Gasteiger partial charge is 0.497 e. The van der Waals surface area contributed by atoms with Gasteiger partial charge < -0.3 is 24.3 Å². The molecular weight excluding hydrogens is 304 g/mol. The molecule has 0 bridgehead atoms. The van der Waals surface area contributed by atoms with Crippen LogP contribution < -0.4 is 9.64 Å². The van der Waals surface area contributed by atoms with Crippen LogP contribution in [0.15, 0.2) is 24.3 Å². The third-order valence-corrected chi connectivity index (χ3v) is 5.08. The van der Waals surface area contributed by atoms with Gasteiger partial charge in [-0.25, -0.2) is 4.79 Å². The van der Waals surface area contributed by atoms with Crippen LogP contribution in [0, 0.1) is 0 Å². The van der Waals surface area contributed by atoms with Crippen LogP contribution in [-0.4, -0.2) is 86.7 Å². The first kappa shape index (κ1) is 16.9. The zero-order valence-corrected chi connectivity index (χ0v) is 14.8. The molecule has 0 saturated carbocycles. The van der Waals surface area contributed by atoms with Gasteiger partial charge in [-0.1, -0.05) is 6.92 Å². The number of piperazine rings is 2. The number of nitrogens with zero attached hydrogens (tertiary/aromatic N) is 4. The second-order valence-corrected chi connectivity index (χ2v) is 6.38. The lowest BCUT2D eigenvalue weighted by atomic mass is 10.2. The third kappa shape index (κ3) is 3.75. The van der Waals surface area contributed by atoms with Gasteiger partial charge in [-0.2, -0.15) is 0 Å². The monoisotopic (exact) mass is 332 g/mol. The Morgan fingerprint density at radius 3 is 1.96 bits per heavy atom. The number of hydrogen-bond donors (Lipinski definition) is 0. The number of benzene rings is 1. The molecule has 0 aliphatic carbocycles. The zero-order chi connectivity index (χ0) is 16.9. The smallest absolute Gasteiger partial charge is 0.320 e. The molecule has 0 spiro atoms. The van der Waals surface area contributed by atoms with Crippen LogP contribution in [0.5, 0.6) is 5.75 Å². The van der Waals surface area contributed by atoms with Crippen LogP contribution >= 0.6 is 0 Å². The van der Waals surface area contributed by atoms with Gasteiger partial charge in [0.25, 0.3) is 0 Å². The fourth-order valence-corrected chi connectivity index (χ4v) is 3.40. The van der Waals surface area contributed by atoms with Crippen molar-refractivity contribution in [3.63, 3.8) is 0 Å². The van der Waals surface area contributed by atoms with E-state index in [9.17, 15) is 4.79 Å². The fourth-order valence-electron chi connectivity index (χ4n) is 3.40. The van der Waals surface area contributed by atoms with Gasteiger partial charge in [-0.3, -0.25) is 0 Å². The van der Waals surface area contributed by atoms with E-state index in [0.29, 0.717) is 0 Å². The van der Waals surface area contributed by atoms with Crippen molar-refractivity contribution < 1.29 is 9.53 Å². The molecule has 0 aromatic heterocycles. The second kappa shape index (κ2) is 7.75. The highest BCUT2D eigenvalue weighted by Gasteiger charge is 2.27. The highest BCUT2D eigenvalue weighted by atomic mass is 16.5. The summed E-state index contributed by atoms with van der Waals surface area (Å²) in [4.78, 5) is 21.4. The van der Waals surface area contributed by atoms with E-state index in [1.165, 1.54) is 5.69 Å². The summed E-state index contributed by atoms with van der Waals surface area (Å²) in [6.45, 7) is 10.3. The molecule has 0 radical (unpaired) electrons. The Hall–Kier alpha value is -1.95. The predicted octanol–water partition coefficient (Wildman–Crippen LogP) is 1.57. The van der Waals surface area contributed by atoms with Gasteiger partial charge in [0, 0.05) is 58.0 Å². The average Bonchev–Trinajstić information content (AvgIpc) is 2.68. The van der Waals surface area contributed by atoms with Gasteiger partial charge in [0.05, 0.1) is 7.11 Å². The van der Waals surface area contributed by atoms with E-state index in [1.54, 1.807) is 7.11 Å². The minimum atomic E-state index is 0.208. The number of methoxy groups -OCH3 is 1. The Balaban J connectivity index is 1.50. The highest BCUT2D eigenvalue weighted by molar-refractivity contribution is 5.75. The summed E-state index contributed by atoms with van der Waals surface area (Å²) in [6, 6.07) is 8.35. The summed E-state index contributed by atoms with van der Waals surface area (Å²) in [6.07, 6.45) is 0. The SMILES string of the molecule is CCN1CCN(C(=O)N2CCN(c3ccc(OC)cc3)CC2)CC1. The standard InChI is InChI=1S/C18H28N4O2/c1-3-19-8-10-21(11-9-19)18(23)22-14-12-20(13-15-22)16-4-6-17(24-2)7-5-16/h4-7H,3,8-15H2,1-2H3. The third-order valence-electron chi connectivity index (χ3n) is 5.08. The average molecular weight is 332 g/mol. The quantitative estimate of drug-likeness (QED) is 0.842. The van der Waals surface area contributed by atoms with E-state index in [2.05, 4.69) is 28.9 Å². The number of anilines is 1. The molecular formula is C18H28N4O2. The van der Waals surface area contributed by atoms with Gasteiger partial charge in [-0.05, 0) is 30.8 Å². The first-order valence-electron chi connectivity index (χ1n) is 8.86. The van der Waals surface area contributed by atoms with Crippen LogP contribution in [0.4, 0.5) is 10.5 Å². The number of likely N-dealkylation sites (N-methyl/N-ethyl adjacent to an activating group) is 1. The number of amides is 2. The van der Waals surface area contributed by atoms with E-state index in [4.69, 9.17) is 4.74 Å². The van der Waals surface area contributed by atoms with Gasteiger partial charge in [-0.15, -0.1) is 0 Å². The molecule has 2 heterocycles. The van der Waals surface area contributed by atoms with E-state index in [-0.39, 0.29) is 6.03 Å². The van der Waals surface area contributed by atoms with Gasteiger partial charge in [0.15, 0.2) is 0 Å². The second-order valence-electron chi connectivity index (χ2n) is 6.38. The summed E-state index contributed by atoms with van der Waals surface area (Å²) in [5.74, 6) is 0.874. The van der Waals surface area contributed by atoms with E-state index in [0.717, 1.165) is 64.7 Å². The summed E-state index contributed by atoms with van der Waals surface area (Å²) in [7, 11) is 1.68. The summed E-state index contributed by atoms with van der Waals surface area (Å²) in [5, 5.41) is 0. The fraction of sp³-hybridized carbons (Fsp3) is 0.611. The number of rotatable bonds is 3. The Bertz CT molecular complexity index is 532. The Labute approximate surface area is 144 Å². The zero-order valence-electron chi connectivity index (χ0n) is 14.8. The Morgan fingerprint density at radius 1 is 0.917 bits per heavy atom. The number of hydrogen-bond acceptors (Lipinski definition) is 4. The molecule has 2 aliphatic rings. The van der Waals surface area contributed by atoms with E-state index < -0.39 is 0 Å². The number of urea groups is 1. The predicted molar refractivity (Wildman–Crippen MR) is 95.9 cm³/mol. The molecule has 24 heavy (non-hydrogen) atoms. The first-order chi connectivity index (χ1) is 11.7. The molecule has 0 unspecified atom stereocenters. The summed E-state index contributed by atoms with van der Waals surface area (Å²) in [5.41, 5.74) is 1.19. The molecule has 132 valence electrons. The maximum atomic E-state index is 12.7. The van der Waals surface area contributed by atoms with Gasteiger partial charge >= 0.3 is 6.03 Å². The lowest BCUT2D eigenvalue weighted by Gasteiger charge is -2.41. The molecule has 2 saturated heterocycles. The minimum Gasteiger partial charge on any atom is -0.497 e. The lowest BCUT2D eigenvalue weighted by Crippen LogP contribution is -2.56. The summed E-state index contributed by atoms with van der Waals surface area (Å²) < 4.78 is 5.21. The van der Waals surface area contributed by atoms with Crippen molar-refractivity contribution in [1.29, 1.82) is 0 Å². The molecule has 0 N–H and O–H groups in total. The minimum absolute atomic E-state index is 0.208.